The summed E-state index contributed by atoms with van der Waals surface area (Å²) in [7, 11) is 0. The summed E-state index contributed by atoms with van der Waals surface area (Å²) in [4.78, 5) is 0. The molecule has 2 aromatic carbocycles. The van der Waals surface area contributed by atoms with Crippen molar-refractivity contribution in [3.8, 4) is 0 Å². The molecule has 2 unspecified atom stereocenters. The predicted octanol–water partition coefficient (Wildman–Crippen LogP) is 5.08. The van der Waals surface area contributed by atoms with Gasteiger partial charge in [0.05, 0.1) is 11.7 Å². The SMILES string of the molecule is Cc1cc(Br)c(NC2CC(N)c3ccccc32)c(Br)c1. The van der Waals surface area contributed by atoms with E-state index in [1.54, 1.807) is 0 Å². The molecular weight excluding hydrogens is 380 g/mol. The molecular formula is C16H16Br2N2. The van der Waals surface area contributed by atoms with Crippen LogP contribution in [0.5, 0.6) is 0 Å². The van der Waals surface area contributed by atoms with Crippen LogP contribution in [-0.2, 0) is 0 Å². The molecule has 0 spiro atoms. The number of aryl methyl sites for hydroxylation is 1. The number of nitrogens with one attached hydrogen (secondary N) is 1. The van der Waals surface area contributed by atoms with E-state index in [1.807, 2.05) is 0 Å². The van der Waals surface area contributed by atoms with Crippen LogP contribution in [0, 0.1) is 6.92 Å². The summed E-state index contributed by atoms with van der Waals surface area (Å²) in [6.45, 7) is 2.08. The van der Waals surface area contributed by atoms with Crippen molar-refractivity contribution < 1.29 is 0 Å². The lowest BCUT2D eigenvalue weighted by Crippen LogP contribution is -2.10. The molecule has 2 aromatic rings. The van der Waals surface area contributed by atoms with Crippen LogP contribution in [-0.4, -0.2) is 0 Å². The fourth-order valence-corrected chi connectivity index (χ4v) is 4.47. The van der Waals surface area contributed by atoms with Gasteiger partial charge in [0.1, 0.15) is 0 Å². The van der Waals surface area contributed by atoms with Crippen LogP contribution in [0.15, 0.2) is 45.3 Å². The molecule has 1 aliphatic carbocycles. The number of rotatable bonds is 2. The fraction of sp³-hybridized carbons (Fsp3) is 0.250. The van der Waals surface area contributed by atoms with Crippen LogP contribution in [0.25, 0.3) is 0 Å². The maximum Gasteiger partial charge on any atom is 0.0634 e. The molecule has 1 aliphatic rings. The Bertz CT molecular complexity index is 632. The van der Waals surface area contributed by atoms with Crippen molar-refractivity contribution in [2.45, 2.75) is 25.4 Å². The lowest BCUT2D eigenvalue weighted by atomic mass is 10.1. The van der Waals surface area contributed by atoms with Gasteiger partial charge in [-0.3, -0.25) is 0 Å². The molecule has 0 saturated heterocycles. The molecule has 3 rings (SSSR count). The van der Waals surface area contributed by atoms with E-state index in [-0.39, 0.29) is 12.1 Å². The van der Waals surface area contributed by atoms with Crippen LogP contribution in [0.3, 0.4) is 0 Å². The third-order valence-corrected chi connectivity index (χ3v) is 5.02. The lowest BCUT2D eigenvalue weighted by Gasteiger charge is -2.18. The van der Waals surface area contributed by atoms with Crippen molar-refractivity contribution in [2.24, 2.45) is 5.73 Å². The average Bonchev–Trinajstić information content (AvgIpc) is 2.71. The highest BCUT2D eigenvalue weighted by molar-refractivity contribution is 9.11. The summed E-state index contributed by atoms with van der Waals surface area (Å²) in [6, 6.07) is 13.0. The van der Waals surface area contributed by atoms with Crippen molar-refractivity contribution >= 4 is 37.5 Å². The first-order valence-corrected chi connectivity index (χ1v) is 8.21. The number of hydrogen-bond acceptors (Lipinski definition) is 2. The van der Waals surface area contributed by atoms with E-state index < -0.39 is 0 Å². The van der Waals surface area contributed by atoms with Gasteiger partial charge in [0.25, 0.3) is 0 Å². The van der Waals surface area contributed by atoms with E-state index in [1.165, 1.54) is 16.7 Å². The Morgan fingerprint density at radius 2 is 1.70 bits per heavy atom. The van der Waals surface area contributed by atoms with Crippen molar-refractivity contribution in [1.29, 1.82) is 0 Å². The fourth-order valence-electron chi connectivity index (χ4n) is 2.82. The summed E-state index contributed by atoms with van der Waals surface area (Å²) in [5.74, 6) is 0. The van der Waals surface area contributed by atoms with Crippen LogP contribution < -0.4 is 11.1 Å². The second-order valence-corrected chi connectivity index (χ2v) is 6.98. The molecule has 4 heteroatoms. The van der Waals surface area contributed by atoms with Crippen molar-refractivity contribution in [3.63, 3.8) is 0 Å². The van der Waals surface area contributed by atoms with Crippen molar-refractivity contribution in [2.75, 3.05) is 5.32 Å². The number of nitrogens with two attached hydrogens (primary N) is 1. The van der Waals surface area contributed by atoms with Gasteiger partial charge in [-0.15, -0.1) is 0 Å². The van der Waals surface area contributed by atoms with Crippen LogP contribution in [0.1, 0.15) is 35.2 Å². The summed E-state index contributed by atoms with van der Waals surface area (Å²) in [5, 5.41) is 3.62. The second-order valence-electron chi connectivity index (χ2n) is 5.27. The smallest absolute Gasteiger partial charge is 0.0634 e. The summed E-state index contributed by atoms with van der Waals surface area (Å²) in [6.07, 6.45) is 0.923. The summed E-state index contributed by atoms with van der Waals surface area (Å²) < 4.78 is 2.14. The highest BCUT2D eigenvalue weighted by Crippen LogP contribution is 2.42. The second kappa shape index (κ2) is 5.51. The molecule has 0 aliphatic heterocycles. The largest absolute Gasteiger partial charge is 0.376 e. The molecule has 3 N–H and O–H groups in total. The zero-order chi connectivity index (χ0) is 14.3. The third kappa shape index (κ3) is 2.52. The van der Waals surface area contributed by atoms with Gasteiger partial charge < -0.3 is 11.1 Å². The predicted molar refractivity (Wildman–Crippen MR) is 90.9 cm³/mol. The van der Waals surface area contributed by atoms with E-state index in [4.69, 9.17) is 5.73 Å². The highest BCUT2D eigenvalue weighted by atomic mass is 79.9. The molecule has 104 valence electrons. The Labute approximate surface area is 136 Å². The van der Waals surface area contributed by atoms with Crippen LogP contribution >= 0.6 is 31.9 Å². The van der Waals surface area contributed by atoms with Gasteiger partial charge in [-0.05, 0) is 74.0 Å². The minimum absolute atomic E-state index is 0.117. The molecule has 0 aromatic heterocycles. The molecule has 0 radical (unpaired) electrons. The first-order chi connectivity index (χ1) is 9.56. The highest BCUT2D eigenvalue weighted by Gasteiger charge is 2.28. The van der Waals surface area contributed by atoms with Crippen molar-refractivity contribution in [3.05, 3.63) is 62.0 Å². The Kier molecular flexibility index (Phi) is 3.89. The van der Waals surface area contributed by atoms with Crippen LogP contribution in [0.4, 0.5) is 5.69 Å². The van der Waals surface area contributed by atoms with E-state index in [2.05, 4.69) is 80.5 Å². The molecule has 2 atom stereocenters. The molecule has 0 saturated carbocycles. The minimum Gasteiger partial charge on any atom is -0.376 e. The zero-order valence-corrected chi connectivity index (χ0v) is 14.3. The first kappa shape index (κ1) is 14.1. The van der Waals surface area contributed by atoms with E-state index >= 15 is 0 Å². The van der Waals surface area contributed by atoms with E-state index in [0.717, 1.165) is 21.1 Å². The van der Waals surface area contributed by atoms with Crippen molar-refractivity contribution in [1.82, 2.24) is 0 Å². The average molecular weight is 396 g/mol. The third-order valence-electron chi connectivity index (χ3n) is 3.77. The van der Waals surface area contributed by atoms with Gasteiger partial charge in [0, 0.05) is 15.0 Å². The Balaban J connectivity index is 1.94. The molecule has 0 bridgehead atoms. The number of anilines is 1. The lowest BCUT2D eigenvalue weighted by molar-refractivity contribution is 0.648. The molecule has 0 heterocycles. The molecule has 0 fully saturated rings. The summed E-state index contributed by atoms with van der Waals surface area (Å²) >= 11 is 7.27. The number of hydrogen-bond donors (Lipinski definition) is 2. The zero-order valence-electron chi connectivity index (χ0n) is 11.2. The maximum atomic E-state index is 6.23. The molecule has 20 heavy (non-hydrogen) atoms. The normalized spacial score (nSPS) is 20.8. The first-order valence-electron chi connectivity index (χ1n) is 6.63. The maximum absolute atomic E-state index is 6.23. The van der Waals surface area contributed by atoms with Crippen LogP contribution in [0.2, 0.25) is 0 Å². The number of benzene rings is 2. The monoisotopic (exact) mass is 394 g/mol. The van der Waals surface area contributed by atoms with Gasteiger partial charge in [-0.2, -0.15) is 0 Å². The quantitative estimate of drug-likeness (QED) is 0.744. The molecule has 0 amide bonds. The van der Waals surface area contributed by atoms with Gasteiger partial charge in [-0.1, -0.05) is 24.3 Å². The Hall–Kier alpha value is -0.840. The van der Waals surface area contributed by atoms with Gasteiger partial charge in [0.15, 0.2) is 0 Å². The topological polar surface area (TPSA) is 38.0 Å². The van der Waals surface area contributed by atoms with Gasteiger partial charge in [-0.25, -0.2) is 0 Å². The van der Waals surface area contributed by atoms with Gasteiger partial charge in [0.2, 0.25) is 0 Å². The van der Waals surface area contributed by atoms with E-state index in [9.17, 15) is 0 Å². The number of fused-ring (bicyclic) bond motifs is 1. The van der Waals surface area contributed by atoms with E-state index in [0.29, 0.717) is 0 Å². The molecule has 2 nitrogen and oxygen atoms in total. The summed E-state index contributed by atoms with van der Waals surface area (Å²) in [5.41, 5.74) is 11.1. The Morgan fingerprint density at radius 3 is 2.35 bits per heavy atom. The number of halogens is 2. The van der Waals surface area contributed by atoms with Gasteiger partial charge >= 0.3 is 0 Å². The minimum atomic E-state index is 0.117. The Morgan fingerprint density at radius 1 is 1.10 bits per heavy atom. The standard InChI is InChI=1S/C16H16Br2N2/c1-9-6-12(17)16(13(18)7-9)20-15-8-14(19)10-4-2-3-5-11(10)15/h2-7,14-15,20H,8,19H2,1H3.